The number of benzene rings is 1. The number of aromatic nitrogens is 3. The zero-order valence-electron chi connectivity index (χ0n) is 13.4. The molecule has 1 saturated carbocycles. The molecule has 0 spiro atoms. The van der Waals surface area contributed by atoms with Crippen LogP contribution in [0.1, 0.15) is 31.2 Å². The largest absolute Gasteiger partial charge is 0.363 e. The van der Waals surface area contributed by atoms with Crippen LogP contribution in [-0.4, -0.2) is 26.7 Å². The van der Waals surface area contributed by atoms with Crippen LogP contribution in [0.5, 0.6) is 0 Å². The maximum Gasteiger partial charge on any atom is 0.363 e. The van der Waals surface area contributed by atoms with E-state index in [0.717, 1.165) is 28.1 Å². The second-order valence-electron chi connectivity index (χ2n) is 6.52. The zero-order valence-corrected chi connectivity index (χ0v) is 13.4. The molecule has 1 aromatic heterocycles. The first-order chi connectivity index (χ1) is 11.6. The molecule has 2 heterocycles. The maximum atomic E-state index is 12.7. The third kappa shape index (κ3) is 2.11. The molecule has 7 nitrogen and oxygen atoms in total. The van der Waals surface area contributed by atoms with Crippen molar-refractivity contribution in [1.29, 1.82) is 0 Å². The number of imide groups is 1. The van der Waals surface area contributed by atoms with Crippen molar-refractivity contribution in [3.63, 3.8) is 0 Å². The maximum absolute atomic E-state index is 12.7. The highest BCUT2D eigenvalue weighted by atomic mass is 16.2. The number of hydrogen-bond acceptors (Lipinski definition) is 4. The quantitative estimate of drug-likeness (QED) is 0.844. The molecule has 2 fully saturated rings. The van der Waals surface area contributed by atoms with Crippen molar-refractivity contribution in [1.82, 2.24) is 14.9 Å². The minimum Gasteiger partial charge on any atom is -0.272 e. The first-order valence-electron chi connectivity index (χ1n) is 8.20. The standard InChI is InChI=1S/C17H18N4O3/c1-10-6-8-11(9-7-10)14-18-19-17(24)20(14)21-15(22)12-4-2-3-5-13(12)16(21)23/h6-9,12-13H,2-5H2,1H3,(H,19,24). The molecule has 24 heavy (non-hydrogen) atoms. The smallest absolute Gasteiger partial charge is 0.272 e. The lowest BCUT2D eigenvalue weighted by Crippen LogP contribution is -2.46. The molecule has 2 atom stereocenters. The lowest BCUT2D eigenvalue weighted by molar-refractivity contribution is -0.124. The minimum atomic E-state index is -0.578. The number of aromatic amines is 1. The Bertz CT molecular complexity index is 841. The van der Waals surface area contributed by atoms with Crippen LogP contribution in [0.2, 0.25) is 0 Å². The molecule has 1 aromatic carbocycles. The third-order valence-corrected chi connectivity index (χ3v) is 4.98. The van der Waals surface area contributed by atoms with Gasteiger partial charge in [0.2, 0.25) is 0 Å². The van der Waals surface area contributed by atoms with Crippen molar-refractivity contribution < 1.29 is 9.59 Å². The van der Waals surface area contributed by atoms with Gasteiger partial charge >= 0.3 is 5.69 Å². The number of fused-ring (bicyclic) bond motifs is 1. The molecule has 2 aromatic rings. The van der Waals surface area contributed by atoms with Crippen molar-refractivity contribution >= 4 is 11.8 Å². The fourth-order valence-corrected chi connectivity index (χ4v) is 3.71. The summed E-state index contributed by atoms with van der Waals surface area (Å²) in [6.07, 6.45) is 3.30. The molecule has 4 rings (SSSR count). The molecular weight excluding hydrogens is 308 g/mol. The molecule has 1 aliphatic carbocycles. The van der Waals surface area contributed by atoms with E-state index < -0.39 is 5.69 Å². The predicted molar refractivity (Wildman–Crippen MR) is 86.7 cm³/mol. The van der Waals surface area contributed by atoms with Gasteiger partial charge in [-0.2, -0.15) is 14.8 Å². The summed E-state index contributed by atoms with van der Waals surface area (Å²) in [5.74, 6) is -0.915. The van der Waals surface area contributed by atoms with Gasteiger partial charge in [0.05, 0.1) is 11.8 Å². The molecule has 1 N–H and O–H groups in total. The van der Waals surface area contributed by atoms with Crippen LogP contribution >= 0.6 is 0 Å². The van der Waals surface area contributed by atoms with Crippen molar-refractivity contribution in [3.8, 4) is 11.4 Å². The van der Waals surface area contributed by atoms with Crippen molar-refractivity contribution in [3.05, 3.63) is 40.3 Å². The first-order valence-corrected chi connectivity index (χ1v) is 8.20. The predicted octanol–water partition coefficient (Wildman–Crippen LogP) is 1.36. The Morgan fingerprint density at radius 1 is 1.00 bits per heavy atom. The number of amides is 2. The Morgan fingerprint density at radius 3 is 2.17 bits per heavy atom. The van der Waals surface area contributed by atoms with E-state index in [4.69, 9.17) is 0 Å². The van der Waals surface area contributed by atoms with Crippen LogP contribution in [0, 0.1) is 18.8 Å². The second kappa shape index (κ2) is 5.43. The number of carbonyl (C=O) groups is 2. The molecular formula is C17H18N4O3. The van der Waals surface area contributed by atoms with E-state index in [-0.39, 0.29) is 29.5 Å². The van der Waals surface area contributed by atoms with Crippen molar-refractivity contribution in [2.24, 2.45) is 11.8 Å². The molecule has 1 saturated heterocycles. The van der Waals surface area contributed by atoms with Crippen molar-refractivity contribution in [2.75, 3.05) is 5.01 Å². The summed E-state index contributed by atoms with van der Waals surface area (Å²) in [6, 6.07) is 7.43. The summed E-state index contributed by atoms with van der Waals surface area (Å²) in [5, 5.41) is 7.39. The van der Waals surface area contributed by atoms with E-state index in [1.807, 2.05) is 31.2 Å². The lowest BCUT2D eigenvalue weighted by Gasteiger charge is -2.19. The molecule has 0 bridgehead atoms. The summed E-state index contributed by atoms with van der Waals surface area (Å²) >= 11 is 0. The Labute approximate surface area is 138 Å². The SMILES string of the molecule is Cc1ccc(-c2n[nH]c(=O)n2N2C(=O)C3CCCCC3C2=O)cc1. The Balaban J connectivity index is 1.81. The number of hydrogen-bond donors (Lipinski definition) is 1. The topological polar surface area (TPSA) is 88.1 Å². The molecule has 0 radical (unpaired) electrons. The third-order valence-electron chi connectivity index (χ3n) is 4.98. The van der Waals surface area contributed by atoms with Crippen LogP contribution in [0.4, 0.5) is 0 Å². The molecule has 7 heteroatoms. The normalized spacial score (nSPS) is 23.6. The molecule has 1 aliphatic heterocycles. The monoisotopic (exact) mass is 326 g/mol. The van der Waals surface area contributed by atoms with E-state index in [1.165, 1.54) is 0 Å². The van der Waals surface area contributed by atoms with Gasteiger partial charge in [0.25, 0.3) is 11.8 Å². The number of aryl methyl sites for hydroxylation is 1. The van der Waals surface area contributed by atoms with E-state index in [0.29, 0.717) is 18.4 Å². The number of nitrogens with zero attached hydrogens (tertiary/aromatic N) is 3. The second-order valence-corrected chi connectivity index (χ2v) is 6.52. The summed E-state index contributed by atoms with van der Waals surface area (Å²) in [5.41, 5.74) is 1.17. The van der Waals surface area contributed by atoms with Gasteiger partial charge in [0.1, 0.15) is 0 Å². The summed E-state index contributed by atoms with van der Waals surface area (Å²) in [6.45, 7) is 1.96. The molecule has 2 amide bonds. The molecule has 2 aliphatic rings. The number of H-pyrrole nitrogens is 1. The van der Waals surface area contributed by atoms with Crippen LogP contribution in [-0.2, 0) is 9.59 Å². The van der Waals surface area contributed by atoms with Crippen LogP contribution < -0.4 is 10.7 Å². The van der Waals surface area contributed by atoms with Gasteiger partial charge in [-0.05, 0) is 19.8 Å². The minimum absolute atomic E-state index is 0.278. The van der Waals surface area contributed by atoms with E-state index in [9.17, 15) is 14.4 Å². The number of carbonyl (C=O) groups excluding carboxylic acids is 2. The highest BCUT2D eigenvalue weighted by Gasteiger charge is 2.50. The Kier molecular flexibility index (Phi) is 3.37. The summed E-state index contributed by atoms with van der Waals surface area (Å²) in [7, 11) is 0. The average Bonchev–Trinajstić information content (AvgIpc) is 3.07. The van der Waals surface area contributed by atoms with Gasteiger partial charge in [-0.3, -0.25) is 9.59 Å². The molecule has 124 valence electrons. The fourth-order valence-electron chi connectivity index (χ4n) is 3.71. The van der Waals surface area contributed by atoms with Gasteiger partial charge < -0.3 is 0 Å². The van der Waals surface area contributed by atoms with Crippen LogP contribution in [0.3, 0.4) is 0 Å². The van der Waals surface area contributed by atoms with Gasteiger partial charge in [0.15, 0.2) is 5.82 Å². The highest BCUT2D eigenvalue weighted by Crippen LogP contribution is 2.37. The highest BCUT2D eigenvalue weighted by molar-refractivity contribution is 6.16. The fraction of sp³-hybridized carbons (Fsp3) is 0.412. The van der Waals surface area contributed by atoms with E-state index in [1.54, 1.807) is 0 Å². The van der Waals surface area contributed by atoms with E-state index >= 15 is 0 Å². The van der Waals surface area contributed by atoms with E-state index in [2.05, 4.69) is 10.2 Å². The number of rotatable bonds is 2. The van der Waals surface area contributed by atoms with Crippen molar-refractivity contribution in [2.45, 2.75) is 32.6 Å². The van der Waals surface area contributed by atoms with Gasteiger partial charge in [-0.1, -0.05) is 42.7 Å². The first kappa shape index (κ1) is 14.9. The summed E-state index contributed by atoms with van der Waals surface area (Å²) in [4.78, 5) is 37.7. The number of nitrogens with one attached hydrogen (secondary N) is 1. The zero-order chi connectivity index (χ0) is 16.8. The van der Waals surface area contributed by atoms with Gasteiger partial charge in [-0.25, -0.2) is 9.89 Å². The molecule has 2 unspecified atom stereocenters. The average molecular weight is 326 g/mol. The van der Waals surface area contributed by atoms with Crippen LogP contribution in [0.15, 0.2) is 29.1 Å². The Morgan fingerprint density at radius 2 is 1.58 bits per heavy atom. The Hall–Kier alpha value is -2.70. The lowest BCUT2D eigenvalue weighted by atomic mass is 9.81. The van der Waals surface area contributed by atoms with Gasteiger partial charge in [0, 0.05) is 5.56 Å². The van der Waals surface area contributed by atoms with Crippen LogP contribution in [0.25, 0.3) is 11.4 Å². The van der Waals surface area contributed by atoms with Gasteiger partial charge in [-0.15, -0.1) is 0 Å². The summed E-state index contributed by atoms with van der Waals surface area (Å²) < 4.78 is 1.09.